The molecule has 0 spiro atoms. The summed E-state index contributed by atoms with van der Waals surface area (Å²) in [5.74, 6) is -8.20. The molecule has 0 bridgehead atoms. The molecule has 3 aromatic rings. The van der Waals surface area contributed by atoms with Crippen LogP contribution in [0.25, 0.3) is 10.9 Å². The van der Waals surface area contributed by atoms with Crippen LogP contribution in [0.1, 0.15) is 16.8 Å². The summed E-state index contributed by atoms with van der Waals surface area (Å²) in [4.78, 5) is 42.3. The molecule has 5 rings (SSSR count). The summed E-state index contributed by atoms with van der Waals surface area (Å²) in [7, 11) is 0. The second kappa shape index (κ2) is 10.4. The number of carbonyl (C=O) groups excluding carboxylic acids is 3. The first-order chi connectivity index (χ1) is 19.3. The van der Waals surface area contributed by atoms with Crippen molar-refractivity contribution >= 4 is 34.6 Å². The number of cyclic esters (lactones) is 1. The van der Waals surface area contributed by atoms with Crippen molar-refractivity contribution < 1.29 is 54.9 Å². The van der Waals surface area contributed by atoms with E-state index >= 15 is 0 Å². The van der Waals surface area contributed by atoms with Crippen molar-refractivity contribution in [2.75, 3.05) is 24.6 Å². The molecule has 0 saturated carbocycles. The van der Waals surface area contributed by atoms with Crippen LogP contribution in [0.3, 0.4) is 0 Å². The highest BCUT2D eigenvalue weighted by Gasteiger charge is 2.48. The van der Waals surface area contributed by atoms with Gasteiger partial charge in [0.2, 0.25) is 12.1 Å². The molecule has 3 heterocycles. The van der Waals surface area contributed by atoms with Gasteiger partial charge in [-0.1, -0.05) is 18.2 Å². The van der Waals surface area contributed by atoms with Crippen LogP contribution in [0.15, 0.2) is 54.6 Å². The molecule has 2 amide bonds. The first-order valence-corrected chi connectivity index (χ1v) is 12.1. The number of carbonyl (C=O) groups is 3. The molecule has 41 heavy (non-hydrogen) atoms. The Morgan fingerprint density at radius 2 is 1.83 bits per heavy atom. The number of nitrogens with zero attached hydrogens (tertiary/aromatic N) is 3. The van der Waals surface area contributed by atoms with Crippen LogP contribution < -0.4 is 9.64 Å². The van der Waals surface area contributed by atoms with Gasteiger partial charge < -0.3 is 19.1 Å². The minimum absolute atomic E-state index is 0.108. The number of amides is 2. The van der Waals surface area contributed by atoms with Crippen LogP contribution in [0, 0.1) is 5.82 Å². The number of likely N-dealkylation sites (tertiary alicyclic amines) is 1. The average Bonchev–Trinajstić information content (AvgIpc) is 3.28. The molecule has 15 heteroatoms. The van der Waals surface area contributed by atoms with Gasteiger partial charge in [0.1, 0.15) is 12.4 Å². The summed E-state index contributed by atoms with van der Waals surface area (Å²) in [6.45, 7) is -1.88. The van der Waals surface area contributed by atoms with Gasteiger partial charge in [-0.05, 0) is 30.3 Å². The predicted molar refractivity (Wildman–Crippen MR) is 128 cm³/mol. The van der Waals surface area contributed by atoms with Crippen LogP contribution >= 0.6 is 0 Å². The van der Waals surface area contributed by atoms with Gasteiger partial charge in [-0.15, -0.1) is 0 Å². The van der Waals surface area contributed by atoms with Gasteiger partial charge in [0, 0.05) is 24.4 Å². The molecule has 0 radical (unpaired) electrons. The lowest BCUT2D eigenvalue weighted by Gasteiger charge is -2.38. The van der Waals surface area contributed by atoms with Gasteiger partial charge in [0.15, 0.2) is 6.10 Å². The molecule has 9 nitrogen and oxygen atoms in total. The fourth-order valence-corrected chi connectivity index (χ4v) is 4.39. The van der Waals surface area contributed by atoms with Gasteiger partial charge in [-0.3, -0.25) is 4.79 Å². The summed E-state index contributed by atoms with van der Waals surface area (Å²) < 4.78 is 96.8. The fraction of sp³-hybridized carbons (Fsp3) is 0.308. The average molecular weight is 583 g/mol. The Bertz CT molecular complexity index is 1520. The molecule has 2 fully saturated rings. The number of pyridine rings is 1. The Morgan fingerprint density at radius 1 is 1.07 bits per heavy atom. The third kappa shape index (κ3) is 5.69. The molecule has 2 aliphatic heterocycles. The molecule has 1 unspecified atom stereocenters. The number of anilines is 1. The first kappa shape index (κ1) is 28.0. The maximum Gasteiger partial charge on any atom is 0.491 e. The molecule has 0 aliphatic carbocycles. The van der Waals surface area contributed by atoms with Crippen molar-refractivity contribution in [3.8, 4) is 5.88 Å². The zero-order valence-electron chi connectivity index (χ0n) is 20.7. The Balaban J connectivity index is 1.36. The molecule has 2 atom stereocenters. The lowest BCUT2D eigenvalue weighted by Crippen LogP contribution is -2.55. The van der Waals surface area contributed by atoms with Crippen LogP contribution in [0.4, 0.5) is 36.8 Å². The van der Waals surface area contributed by atoms with Crippen LogP contribution in [0.5, 0.6) is 5.88 Å². The van der Waals surface area contributed by atoms with Crippen molar-refractivity contribution in [3.05, 3.63) is 66.0 Å². The fourth-order valence-electron chi connectivity index (χ4n) is 4.39. The highest BCUT2D eigenvalue weighted by atomic mass is 19.4. The minimum atomic E-state index is -5.36. The second-order valence-electron chi connectivity index (χ2n) is 9.18. The highest BCUT2D eigenvalue weighted by Crippen LogP contribution is 2.34. The number of para-hydroxylation sites is 1. The quantitative estimate of drug-likeness (QED) is 0.318. The zero-order valence-corrected chi connectivity index (χ0v) is 20.7. The smallest absolute Gasteiger partial charge is 0.466 e. The van der Waals surface area contributed by atoms with Gasteiger partial charge in [-0.2, -0.15) is 13.2 Å². The third-order valence-corrected chi connectivity index (χ3v) is 6.46. The molecular formula is C26H19F6N3O6. The predicted octanol–water partition coefficient (Wildman–Crippen LogP) is 4.69. The number of rotatable bonds is 5. The van der Waals surface area contributed by atoms with E-state index in [1.54, 1.807) is 30.3 Å². The van der Waals surface area contributed by atoms with Gasteiger partial charge >= 0.3 is 18.2 Å². The number of esters is 1. The molecule has 2 saturated heterocycles. The normalized spacial score (nSPS) is 20.6. The van der Waals surface area contributed by atoms with Crippen molar-refractivity contribution in [2.45, 2.75) is 30.9 Å². The first-order valence-electron chi connectivity index (χ1n) is 12.1. The largest absolute Gasteiger partial charge is 0.491 e. The lowest BCUT2D eigenvalue weighted by atomic mass is 10.0. The van der Waals surface area contributed by atoms with Crippen molar-refractivity contribution in [2.24, 2.45) is 0 Å². The molecule has 216 valence electrons. The Morgan fingerprint density at radius 3 is 2.59 bits per heavy atom. The standard InChI is InChI=1S/C26H19F6N3O6/c27-17-7-6-15(35-21(13-39-24(35)38)41-23(37)26(30,31)32)11-16(17)22(36)34-10-9-25(28,29)19(12-34)40-20-8-5-14-3-1-2-4-18(14)33-20/h1-8,11,19,21H,9-10,12-13H2/t19-,21?/m0/s1. The maximum absolute atomic E-state index is 14.8. The highest BCUT2D eigenvalue weighted by molar-refractivity contribution is 5.98. The Labute approximate surface area is 227 Å². The monoisotopic (exact) mass is 583 g/mol. The Hall–Kier alpha value is -4.56. The second-order valence-corrected chi connectivity index (χ2v) is 9.18. The van der Waals surface area contributed by atoms with E-state index in [1.165, 1.54) is 6.07 Å². The molecular weight excluding hydrogens is 564 g/mol. The van der Waals surface area contributed by atoms with E-state index < -0.39 is 79.9 Å². The van der Waals surface area contributed by atoms with Crippen molar-refractivity contribution in [1.82, 2.24) is 9.88 Å². The number of alkyl halides is 5. The van der Waals surface area contributed by atoms with Crippen molar-refractivity contribution in [3.63, 3.8) is 0 Å². The summed E-state index contributed by atoms with van der Waals surface area (Å²) in [6.07, 6.45) is -11.1. The van der Waals surface area contributed by atoms with E-state index in [9.17, 15) is 40.7 Å². The van der Waals surface area contributed by atoms with E-state index in [1.807, 2.05) is 0 Å². The Kier molecular flexibility index (Phi) is 7.13. The van der Waals surface area contributed by atoms with Gasteiger partial charge in [-0.25, -0.2) is 32.6 Å². The van der Waals surface area contributed by atoms with Crippen LogP contribution in [0.2, 0.25) is 0 Å². The number of ether oxygens (including phenoxy) is 3. The number of hydrogen-bond acceptors (Lipinski definition) is 7. The number of piperidine rings is 1. The van der Waals surface area contributed by atoms with Gasteiger partial charge in [0.05, 0.1) is 23.3 Å². The summed E-state index contributed by atoms with van der Waals surface area (Å²) in [6, 6.07) is 12.5. The summed E-state index contributed by atoms with van der Waals surface area (Å²) in [5, 5.41) is 0.750. The minimum Gasteiger partial charge on any atom is -0.466 e. The molecule has 0 N–H and O–H groups in total. The molecule has 2 aliphatic rings. The number of fused-ring (bicyclic) bond motifs is 1. The molecule has 1 aromatic heterocycles. The van der Waals surface area contributed by atoms with Crippen molar-refractivity contribution in [1.29, 1.82) is 0 Å². The van der Waals surface area contributed by atoms with Crippen LogP contribution in [-0.2, 0) is 14.3 Å². The zero-order chi connectivity index (χ0) is 29.5. The summed E-state index contributed by atoms with van der Waals surface area (Å²) in [5.41, 5.74) is -0.501. The van der Waals surface area contributed by atoms with E-state index in [0.29, 0.717) is 10.4 Å². The SMILES string of the molecule is O=C(c1cc(N2C(=O)OCC2OC(=O)C(F)(F)F)ccc1F)N1CCC(F)(F)[C@@H](Oc2ccc3ccccc3n2)C1. The van der Waals surface area contributed by atoms with Crippen LogP contribution in [-0.4, -0.2) is 72.0 Å². The van der Waals surface area contributed by atoms with E-state index in [-0.39, 0.29) is 11.6 Å². The molecule has 2 aromatic carbocycles. The van der Waals surface area contributed by atoms with E-state index in [4.69, 9.17) is 4.74 Å². The number of benzene rings is 2. The topological polar surface area (TPSA) is 98.3 Å². The number of halogens is 6. The number of aromatic nitrogens is 1. The third-order valence-electron chi connectivity index (χ3n) is 6.46. The van der Waals surface area contributed by atoms with E-state index in [0.717, 1.165) is 28.5 Å². The lowest BCUT2D eigenvalue weighted by molar-refractivity contribution is -0.204. The van der Waals surface area contributed by atoms with E-state index in [2.05, 4.69) is 14.5 Å². The summed E-state index contributed by atoms with van der Waals surface area (Å²) >= 11 is 0. The van der Waals surface area contributed by atoms with Gasteiger partial charge in [0.25, 0.3) is 11.8 Å². The number of hydrogen-bond donors (Lipinski definition) is 0. The maximum atomic E-state index is 14.8.